The third-order valence-electron chi connectivity index (χ3n) is 6.85. The van der Waals surface area contributed by atoms with Gasteiger partial charge in [0.25, 0.3) is 11.8 Å². The van der Waals surface area contributed by atoms with Crippen molar-refractivity contribution in [3.8, 4) is 0 Å². The number of hydrogen-bond donors (Lipinski definition) is 1. The minimum absolute atomic E-state index is 0.0315. The summed E-state index contributed by atoms with van der Waals surface area (Å²) in [5.74, 6) is 0.624. The van der Waals surface area contributed by atoms with E-state index < -0.39 is 0 Å². The number of pyridine rings is 1. The van der Waals surface area contributed by atoms with E-state index in [0.29, 0.717) is 29.5 Å². The first-order valence-corrected chi connectivity index (χ1v) is 13.1. The molecule has 164 valence electrons. The number of nitrogens with zero attached hydrogens (tertiary/aromatic N) is 4. The lowest BCUT2D eigenvalue weighted by molar-refractivity contribution is 0.0663. The van der Waals surface area contributed by atoms with E-state index in [1.54, 1.807) is 18.5 Å². The van der Waals surface area contributed by atoms with Gasteiger partial charge in [-0.05, 0) is 73.5 Å². The van der Waals surface area contributed by atoms with Crippen molar-refractivity contribution < 1.29 is 14.0 Å². The number of furan rings is 1. The van der Waals surface area contributed by atoms with Crippen LogP contribution in [0.2, 0.25) is 0 Å². The lowest BCUT2D eigenvalue weighted by Crippen LogP contribution is -2.40. The monoisotopic (exact) mass is 543 g/mol. The molecule has 1 unspecified atom stereocenters. The fourth-order valence-corrected chi connectivity index (χ4v) is 6.56. The summed E-state index contributed by atoms with van der Waals surface area (Å²) in [5, 5.41) is 3.90. The van der Waals surface area contributed by atoms with Crippen molar-refractivity contribution in [2.24, 2.45) is 11.3 Å². The molecule has 3 aromatic heterocycles. The van der Waals surface area contributed by atoms with Gasteiger partial charge in [0.2, 0.25) is 0 Å². The van der Waals surface area contributed by atoms with Crippen molar-refractivity contribution in [2.45, 2.75) is 19.3 Å². The summed E-state index contributed by atoms with van der Waals surface area (Å²) in [7, 11) is 0. The van der Waals surface area contributed by atoms with Gasteiger partial charge in [0.05, 0.1) is 6.20 Å². The van der Waals surface area contributed by atoms with Crippen molar-refractivity contribution in [1.29, 1.82) is 0 Å². The van der Waals surface area contributed by atoms with Gasteiger partial charge < -0.3 is 19.2 Å². The van der Waals surface area contributed by atoms with Crippen LogP contribution in [0.5, 0.6) is 0 Å². The zero-order valence-corrected chi connectivity index (χ0v) is 19.5. The Kier molecular flexibility index (Phi) is 4.74. The second-order valence-corrected chi connectivity index (χ2v) is 11.0. The number of piperidine rings is 1. The van der Waals surface area contributed by atoms with Crippen molar-refractivity contribution in [3.05, 3.63) is 52.1 Å². The number of aromatic nitrogens is 3. The molecule has 8 nitrogen and oxygen atoms in total. The van der Waals surface area contributed by atoms with Gasteiger partial charge in [0.1, 0.15) is 5.69 Å². The first kappa shape index (κ1) is 19.8. The van der Waals surface area contributed by atoms with Crippen LogP contribution in [0, 0.1) is 15.2 Å². The number of amides is 2. The lowest BCUT2D eigenvalue weighted by Gasteiger charge is -2.32. The molecule has 1 atom stereocenters. The molecule has 1 aliphatic carbocycles. The summed E-state index contributed by atoms with van der Waals surface area (Å²) in [6.45, 7) is 2.14. The number of fused-ring (bicyclic) bond motifs is 2. The molecule has 1 saturated heterocycles. The van der Waals surface area contributed by atoms with Crippen molar-refractivity contribution in [1.82, 2.24) is 24.8 Å². The molecule has 9 heteroatoms. The topological polar surface area (TPSA) is 93.3 Å². The average Bonchev–Trinajstić information content (AvgIpc) is 3.18. The Morgan fingerprint density at radius 1 is 1.31 bits per heavy atom. The molecular weight excluding hydrogens is 521 g/mol. The van der Waals surface area contributed by atoms with Gasteiger partial charge in [0, 0.05) is 43.6 Å². The third-order valence-corrected chi connectivity index (χ3v) is 8.98. The highest BCUT2D eigenvalue weighted by atomic mass is 127. The van der Waals surface area contributed by atoms with Gasteiger partial charge in [0.15, 0.2) is 15.2 Å². The Morgan fingerprint density at radius 3 is 3.00 bits per heavy atom. The molecule has 1 spiro atoms. The minimum Gasteiger partial charge on any atom is -0.449 e. The predicted molar refractivity (Wildman–Crippen MR) is 128 cm³/mol. The summed E-state index contributed by atoms with van der Waals surface area (Å²) in [4.78, 5) is 36.0. The molecule has 5 heterocycles. The number of nitrogens with one attached hydrogen (secondary N) is 1. The zero-order valence-electron chi connectivity index (χ0n) is 17.3. The normalized spacial score (nSPS) is 20.8. The van der Waals surface area contributed by atoms with Gasteiger partial charge in [-0.2, -0.15) is 0 Å². The van der Waals surface area contributed by atoms with Crippen LogP contribution in [0.1, 0.15) is 40.3 Å². The first-order chi connectivity index (χ1) is 15.6. The highest BCUT2D eigenvalue weighted by Crippen LogP contribution is 2.59. The number of rotatable bonds is 4. The lowest BCUT2D eigenvalue weighted by atomic mass is 9.90. The van der Waals surface area contributed by atoms with E-state index in [4.69, 9.17) is 4.42 Å². The molecule has 1 N–H and O–H groups in total. The second kappa shape index (κ2) is 7.65. The van der Waals surface area contributed by atoms with Gasteiger partial charge in [-0.15, -0.1) is 0 Å². The van der Waals surface area contributed by atoms with E-state index in [1.165, 1.54) is 0 Å². The summed E-state index contributed by atoms with van der Waals surface area (Å²) >= 11 is -0.249. The summed E-state index contributed by atoms with van der Waals surface area (Å²) in [6, 6.07) is 3.58. The Balaban J connectivity index is 1.03. The standard InChI is InChI=1S/C23H22IN5O3/c30-20(18-10-15-2-6-25-13-19(15)32-18)26-12-16-11-23(16)3-8-28(9-4-23)21(31)17-14-29-7-1-5-24-22(29)27-17/h1-2,5-7,10,13-14,16H,3-4,8-9,11-12H2,(H,26,30). The summed E-state index contributed by atoms with van der Waals surface area (Å²) in [5.41, 5.74) is 1.42. The number of imidazole rings is 1. The molecule has 1 saturated carbocycles. The van der Waals surface area contributed by atoms with Crippen molar-refractivity contribution in [2.75, 3.05) is 19.6 Å². The molecule has 2 fully saturated rings. The molecule has 32 heavy (non-hydrogen) atoms. The van der Waals surface area contributed by atoms with E-state index in [1.807, 2.05) is 34.0 Å². The highest BCUT2D eigenvalue weighted by molar-refractivity contribution is 14.2. The Labute approximate surface area is 194 Å². The molecule has 2 amide bonds. The number of hydrogen-bond acceptors (Lipinski definition) is 5. The second-order valence-electron chi connectivity index (χ2n) is 8.67. The fourth-order valence-electron chi connectivity index (χ4n) is 4.83. The van der Waals surface area contributed by atoms with Crippen LogP contribution in [0.15, 0.2) is 41.2 Å². The Morgan fingerprint density at radius 2 is 2.19 bits per heavy atom. The van der Waals surface area contributed by atoms with Crippen molar-refractivity contribution in [3.63, 3.8) is 0 Å². The molecule has 0 aromatic carbocycles. The summed E-state index contributed by atoms with van der Waals surface area (Å²) < 4.78 is 10.7. The van der Waals surface area contributed by atoms with E-state index in [2.05, 4.69) is 19.3 Å². The number of likely N-dealkylation sites (tertiary alicyclic amines) is 1. The molecular formula is C23H22IN5O3. The maximum Gasteiger partial charge on any atom is 0.287 e. The molecule has 6 rings (SSSR count). The molecule has 2 aliphatic heterocycles. The predicted octanol–water partition coefficient (Wildman–Crippen LogP) is 3.12. The molecule has 3 aliphatic rings. The van der Waals surface area contributed by atoms with Crippen LogP contribution >= 0.6 is 20.7 Å². The maximum atomic E-state index is 12.9. The largest absolute Gasteiger partial charge is 0.449 e. The molecule has 3 aromatic rings. The smallest absolute Gasteiger partial charge is 0.287 e. The third kappa shape index (κ3) is 3.48. The van der Waals surface area contributed by atoms with Crippen molar-refractivity contribution >= 4 is 53.7 Å². The number of carbonyl (C=O) groups excluding carboxylic acids is 2. The van der Waals surface area contributed by atoms with Gasteiger partial charge >= 0.3 is 0 Å². The Bertz CT molecular complexity index is 1220. The number of allylic oxidation sites excluding steroid dienone is 1. The van der Waals surface area contributed by atoms with Crippen LogP contribution in [-0.2, 0) is 0 Å². The van der Waals surface area contributed by atoms with Crippen LogP contribution in [0.4, 0.5) is 0 Å². The molecule has 0 bridgehead atoms. The van der Waals surface area contributed by atoms with E-state index in [0.717, 1.165) is 41.6 Å². The van der Waals surface area contributed by atoms with Gasteiger partial charge in [-0.25, -0.2) is 4.98 Å². The summed E-state index contributed by atoms with van der Waals surface area (Å²) in [6.07, 6.45) is 12.2. The number of halogens is 1. The van der Waals surface area contributed by atoms with Gasteiger partial charge in [-0.3, -0.25) is 14.6 Å². The quantitative estimate of drug-likeness (QED) is 0.511. The van der Waals surface area contributed by atoms with Crippen LogP contribution < -0.4 is 5.32 Å². The maximum absolute atomic E-state index is 12.9. The SMILES string of the molecule is O=C(NCC1CC12CCN(C(=O)c1cn3c(n1)I=CC=C3)CC2)c1cc2ccncc2o1. The molecule has 0 radical (unpaired) electrons. The first-order valence-electron chi connectivity index (χ1n) is 10.7. The highest BCUT2D eigenvalue weighted by Gasteiger charge is 2.54. The van der Waals surface area contributed by atoms with E-state index in [9.17, 15) is 9.59 Å². The zero-order chi connectivity index (χ0) is 21.7. The van der Waals surface area contributed by atoms with Crippen LogP contribution in [0.3, 0.4) is 0 Å². The number of carbonyl (C=O) groups is 2. The Hall–Kier alpha value is -2.82. The van der Waals surface area contributed by atoms with E-state index in [-0.39, 0.29) is 38.0 Å². The van der Waals surface area contributed by atoms with Crippen LogP contribution in [0.25, 0.3) is 17.2 Å². The van der Waals surface area contributed by atoms with Crippen LogP contribution in [-0.4, -0.2) is 54.9 Å². The fraction of sp³-hybridized carbons (Fsp3) is 0.348. The minimum atomic E-state index is -0.249. The average molecular weight is 543 g/mol. The van der Waals surface area contributed by atoms with Gasteiger partial charge in [-0.1, -0.05) is 0 Å². The van der Waals surface area contributed by atoms with E-state index >= 15 is 0 Å².